The van der Waals surface area contributed by atoms with E-state index in [1.54, 1.807) is 0 Å². The molecule has 0 spiro atoms. The van der Waals surface area contributed by atoms with E-state index >= 15 is 0 Å². The van der Waals surface area contributed by atoms with Gasteiger partial charge in [-0.3, -0.25) is 4.68 Å². The smallest absolute Gasteiger partial charge is 0.0743 e. The molecule has 0 radical (unpaired) electrons. The Morgan fingerprint density at radius 2 is 1.95 bits per heavy atom. The van der Waals surface area contributed by atoms with Crippen LogP contribution in [0.25, 0.3) is 11.3 Å². The van der Waals surface area contributed by atoms with Gasteiger partial charge < -0.3 is 4.57 Å². The van der Waals surface area contributed by atoms with Crippen molar-refractivity contribution < 1.29 is 0 Å². The zero-order valence-electron chi connectivity index (χ0n) is 12.8. The lowest BCUT2D eigenvalue weighted by Gasteiger charge is -2.21. The molecule has 0 aliphatic heterocycles. The van der Waals surface area contributed by atoms with Crippen molar-refractivity contribution in [1.82, 2.24) is 14.3 Å². The number of aromatic nitrogens is 3. The van der Waals surface area contributed by atoms with Crippen molar-refractivity contribution in [2.24, 2.45) is 7.05 Å². The Kier molecular flexibility index (Phi) is 3.68. The topological polar surface area (TPSA) is 22.8 Å². The third kappa shape index (κ3) is 2.41. The van der Waals surface area contributed by atoms with Crippen molar-refractivity contribution >= 4 is 0 Å². The van der Waals surface area contributed by atoms with E-state index in [9.17, 15) is 0 Å². The molecular formula is C17H25N3. The van der Waals surface area contributed by atoms with Gasteiger partial charge in [0.25, 0.3) is 0 Å². The minimum Gasteiger partial charge on any atom is -0.350 e. The predicted octanol–water partition coefficient (Wildman–Crippen LogP) is 4.52. The molecule has 1 fully saturated rings. The molecule has 20 heavy (non-hydrogen) atoms. The Hall–Kier alpha value is -1.51. The van der Waals surface area contributed by atoms with Gasteiger partial charge >= 0.3 is 0 Å². The first-order valence-corrected chi connectivity index (χ1v) is 7.87. The van der Waals surface area contributed by atoms with Crippen LogP contribution in [-0.4, -0.2) is 14.3 Å². The molecule has 2 aromatic heterocycles. The zero-order chi connectivity index (χ0) is 14.1. The van der Waals surface area contributed by atoms with E-state index in [-0.39, 0.29) is 0 Å². The van der Waals surface area contributed by atoms with Crippen LogP contribution in [0.15, 0.2) is 24.5 Å². The van der Waals surface area contributed by atoms with E-state index in [0.717, 1.165) is 0 Å². The maximum atomic E-state index is 4.93. The van der Waals surface area contributed by atoms with Gasteiger partial charge in [-0.1, -0.05) is 33.1 Å². The number of hydrogen-bond donors (Lipinski definition) is 0. The summed E-state index contributed by atoms with van der Waals surface area (Å²) in [6.07, 6.45) is 11.0. The maximum Gasteiger partial charge on any atom is 0.0743 e. The van der Waals surface area contributed by atoms with Crippen LogP contribution in [0.2, 0.25) is 0 Å². The standard InChI is InChI=1S/C17H25N3/c1-13(2)17-15(16-10-7-11-19(16)3)12-20(18-17)14-8-5-4-6-9-14/h7,10-14H,4-6,8-9H2,1-3H3. The fourth-order valence-corrected chi connectivity index (χ4v) is 3.30. The second-order valence-corrected chi connectivity index (χ2v) is 6.36. The first-order chi connectivity index (χ1) is 9.66. The molecule has 108 valence electrons. The number of rotatable bonds is 3. The Labute approximate surface area is 121 Å². The highest BCUT2D eigenvalue weighted by atomic mass is 15.3. The van der Waals surface area contributed by atoms with Crippen molar-refractivity contribution in [2.45, 2.75) is 57.9 Å². The quantitative estimate of drug-likeness (QED) is 0.805. The highest BCUT2D eigenvalue weighted by Crippen LogP contribution is 2.33. The first-order valence-electron chi connectivity index (χ1n) is 7.87. The van der Waals surface area contributed by atoms with Gasteiger partial charge in [-0.05, 0) is 30.9 Å². The van der Waals surface area contributed by atoms with Crippen molar-refractivity contribution in [3.05, 3.63) is 30.2 Å². The number of nitrogens with zero attached hydrogens (tertiary/aromatic N) is 3. The third-order valence-electron chi connectivity index (χ3n) is 4.48. The molecule has 1 saturated carbocycles. The summed E-state index contributed by atoms with van der Waals surface area (Å²) in [7, 11) is 2.11. The average Bonchev–Trinajstić information content (AvgIpc) is 3.05. The fourth-order valence-electron chi connectivity index (χ4n) is 3.30. The molecule has 0 bridgehead atoms. The van der Waals surface area contributed by atoms with Gasteiger partial charge in [-0.2, -0.15) is 5.10 Å². The minimum absolute atomic E-state index is 0.463. The summed E-state index contributed by atoms with van der Waals surface area (Å²) in [6, 6.07) is 4.90. The molecule has 0 N–H and O–H groups in total. The lowest BCUT2D eigenvalue weighted by Crippen LogP contribution is -2.13. The summed E-state index contributed by atoms with van der Waals surface area (Å²) < 4.78 is 4.44. The van der Waals surface area contributed by atoms with Crippen LogP contribution in [0.1, 0.15) is 63.6 Å². The van der Waals surface area contributed by atoms with Gasteiger partial charge in [0.2, 0.25) is 0 Å². The van der Waals surface area contributed by atoms with Gasteiger partial charge in [0.1, 0.15) is 0 Å². The Balaban J connectivity index is 2.00. The second kappa shape index (κ2) is 5.47. The molecule has 1 aliphatic carbocycles. The summed E-state index contributed by atoms with van der Waals surface area (Å²) in [6.45, 7) is 4.47. The van der Waals surface area contributed by atoms with E-state index in [2.05, 4.69) is 54.7 Å². The Morgan fingerprint density at radius 1 is 1.20 bits per heavy atom. The summed E-state index contributed by atoms with van der Waals surface area (Å²) in [4.78, 5) is 0. The molecule has 1 aliphatic rings. The molecule has 0 aromatic carbocycles. The Morgan fingerprint density at radius 3 is 2.55 bits per heavy atom. The number of hydrogen-bond acceptors (Lipinski definition) is 1. The van der Waals surface area contributed by atoms with Gasteiger partial charge in [-0.15, -0.1) is 0 Å². The fraction of sp³-hybridized carbons (Fsp3) is 0.588. The number of aryl methyl sites for hydroxylation is 1. The van der Waals surface area contributed by atoms with E-state index < -0.39 is 0 Å². The SMILES string of the molecule is CC(C)c1nn(C2CCCCC2)cc1-c1cccn1C. The Bertz CT molecular complexity index is 571. The monoisotopic (exact) mass is 271 g/mol. The van der Waals surface area contributed by atoms with Crippen LogP contribution in [0, 0.1) is 0 Å². The summed E-state index contributed by atoms with van der Waals surface area (Å²) >= 11 is 0. The van der Waals surface area contributed by atoms with Gasteiger partial charge in [0.05, 0.1) is 17.4 Å². The predicted molar refractivity (Wildman–Crippen MR) is 82.8 cm³/mol. The minimum atomic E-state index is 0.463. The van der Waals surface area contributed by atoms with Crippen LogP contribution in [0.4, 0.5) is 0 Å². The molecule has 0 unspecified atom stereocenters. The van der Waals surface area contributed by atoms with E-state index in [0.29, 0.717) is 12.0 Å². The second-order valence-electron chi connectivity index (χ2n) is 6.36. The lowest BCUT2D eigenvalue weighted by molar-refractivity contribution is 0.327. The maximum absolute atomic E-state index is 4.93. The molecule has 0 saturated heterocycles. The van der Waals surface area contributed by atoms with Crippen LogP contribution < -0.4 is 0 Å². The summed E-state index contributed by atoms with van der Waals surface area (Å²) in [5.74, 6) is 0.463. The molecule has 3 nitrogen and oxygen atoms in total. The molecular weight excluding hydrogens is 246 g/mol. The van der Waals surface area contributed by atoms with Gasteiger partial charge in [0, 0.05) is 25.0 Å². The van der Waals surface area contributed by atoms with Gasteiger partial charge in [-0.25, -0.2) is 0 Å². The third-order valence-corrected chi connectivity index (χ3v) is 4.48. The van der Waals surface area contributed by atoms with Crippen molar-refractivity contribution in [3.63, 3.8) is 0 Å². The van der Waals surface area contributed by atoms with Crippen LogP contribution in [0.5, 0.6) is 0 Å². The normalized spacial score (nSPS) is 17.0. The molecule has 3 heteroatoms. The summed E-state index contributed by atoms with van der Waals surface area (Å²) in [5.41, 5.74) is 3.81. The van der Waals surface area contributed by atoms with Gasteiger partial charge in [0.15, 0.2) is 0 Å². The molecule has 0 amide bonds. The molecule has 3 rings (SSSR count). The van der Waals surface area contributed by atoms with E-state index in [4.69, 9.17) is 5.10 Å². The van der Waals surface area contributed by atoms with E-state index in [1.807, 2.05) is 0 Å². The highest BCUT2D eigenvalue weighted by Gasteiger charge is 2.21. The zero-order valence-corrected chi connectivity index (χ0v) is 12.8. The lowest BCUT2D eigenvalue weighted by atomic mass is 9.96. The van der Waals surface area contributed by atoms with Crippen LogP contribution in [-0.2, 0) is 7.05 Å². The largest absolute Gasteiger partial charge is 0.350 e. The van der Waals surface area contributed by atoms with Crippen LogP contribution in [0.3, 0.4) is 0 Å². The first kappa shape index (κ1) is 13.5. The molecule has 2 heterocycles. The highest BCUT2D eigenvalue weighted by molar-refractivity contribution is 5.62. The average molecular weight is 271 g/mol. The van der Waals surface area contributed by atoms with Crippen molar-refractivity contribution in [2.75, 3.05) is 0 Å². The van der Waals surface area contributed by atoms with Crippen molar-refractivity contribution in [3.8, 4) is 11.3 Å². The molecule has 0 atom stereocenters. The summed E-state index contributed by atoms with van der Waals surface area (Å²) in [5, 5.41) is 4.93. The molecule has 2 aromatic rings. The van der Waals surface area contributed by atoms with E-state index in [1.165, 1.54) is 49.1 Å². The van der Waals surface area contributed by atoms with Crippen molar-refractivity contribution in [1.29, 1.82) is 0 Å². The van der Waals surface area contributed by atoms with Crippen LogP contribution >= 0.6 is 0 Å².